The van der Waals surface area contributed by atoms with Gasteiger partial charge in [0.2, 0.25) is 0 Å². The van der Waals surface area contributed by atoms with Crippen molar-refractivity contribution < 1.29 is 14.4 Å². The van der Waals surface area contributed by atoms with E-state index in [9.17, 15) is 14.4 Å². The van der Waals surface area contributed by atoms with Crippen molar-refractivity contribution >= 4 is 29.3 Å². The number of benzene rings is 2. The standard InChI is InChI=1S/C37H44ClN5O3/c1-36(2,3)32-22-31(40(4)39-32)35(46)41-18-15-37(16-19-41)17-20-42(23-37)33(44)25-10-9-24-11-14-30(28(24)21-25)43(26-12-13-26)34(45)27-7-5-6-8-29(27)38/h5-10,21-22,26,30H,11-20,23H2,1-4H3. The zero-order valence-corrected chi connectivity index (χ0v) is 28.1. The van der Waals surface area contributed by atoms with Gasteiger partial charge in [0.15, 0.2) is 0 Å². The van der Waals surface area contributed by atoms with Crippen LogP contribution >= 0.6 is 11.6 Å². The molecule has 3 fully saturated rings. The monoisotopic (exact) mass is 641 g/mol. The molecule has 2 aromatic carbocycles. The highest BCUT2D eigenvalue weighted by atomic mass is 35.5. The van der Waals surface area contributed by atoms with Gasteiger partial charge in [-0.25, -0.2) is 0 Å². The maximum Gasteiger partial charge on any atom is 0.272 e. The fourth-order valence-corrected chi connectivity index (χ4v) is 7.99. The van der Waals surface area contributed by atoms with Crippen LogP contribution in [0.2, 0.25) is 5.02 Å². The van der Waals surface area contributed by atoms with E-state index in [0.717, 1.165) is 62.7 Å². The largest absolute Gasteiger partial charge is 0.338 e. The van der Waals surface area contributed by atoms with Gasteiger partial charge in [0.25, 0.3) is 17.7 Å². The number of amides is 3. The predicted molar refractivity (Wildman–Crippen MR) is 178 cm³/mol. The molecule has 242 valence electrons. The Balaban J connectivity index is 1.03. The molecule has 2 aliphatic heterocycles. The molecule has 1 aromatic heterocycles. The molecule has 2 saturated heterocycles. The number of aromatic nitrogens is 2. The van der Waals surface area contributed by atoms with Gasteiger partial charge in [0.05, 0.1) is 22.3 Å². The molecule has 7 rings (SSSR count). The summed E-state index contributed by atoms with van der Waals surface area (Å²) in [4.78, 5) is 47.2. The summed E-state index contributed by atoms with van der Waals surface area (Å²) in [6, 6.07) is 15.5. The smallest absolute Gasteiger partial charge is 0.272 e. The number of carbonyl (C=O) groups excluding carboxylic acids is 3. The van der Waals surface area contributed by atoms with Crippen molar-refractivity contribution in [2.75, 3.05) is 26.2 Å². The summed E-state index contributed by atoms with van der Waals surface area (Å²) in [6.45, 7) is 9.14. The number of halogens is 1. The van der Waals surface area contributed by atoms with Gasteiger partial charge in [-0.15, -0.1) is 0 Å². The van der Waals surface area contributed by atoms with E-state index in [2.05, 4.69) is 38.0 Å². The lowest BCUT2D eigenvalue weighted by Crippen LogP contribution is -2.45. The first-order chi connectivity index (χ1) is 21.9. The molecule has 1 saturated carbocycles. The van der Waals surface area contributed by atoms with E-state index >= 15 is 0 Å². The third-order valence-electron chi connectivity index (χ3n) is 10.8. The lowest BCUT2D eigenvalue weighted by atomic mass is 9.77. The van der Waals surface area contributed by atoms with E-state index in [0.29, 0.717) is 41.5 Å². The molecule has 1 unspecified atom stereocenters. The Labute approximate surface area is 276 Å². The van der Waals surface area contributed by atoms with Crippen molar-refractivity contribution in [2.24, 2.45) is 12.5 Å². The van der Waals surface area contributed by atoms with Crippen molar-refractivity contribution in [3.63, 3.8) is 0 Å². The van der Waals surface area contributed by atoms with Crippen molar-refractivity contribution in [3.05, 3.63) is 87.2 Å². The summed E-state index contributed by atoms with van der Waals surface area (Å²) in [6.07, 6.45) is 6.48. The quantitative estimate of drug-likeness (QED) is 0.322. The second kappa shape index (κ2) is 11.5. The van der Waals surface area contributed by atoms with Crippen LogP contribution in [-0.2, 0) is 18.9 Å². The van der Waals surface area contributed by atoms with Gasteiger partial charge in [0, 0.05) is 50.2 Å². The van der Waals surface area contributed by atoms with Crippen molar-refractivity contribution in [1.29, 1.82) is 0 Å². The van der Waals surface area contributed by atoms with Crippen LogP contribution in [0.5, 0.6) is 0 Å². The van der Waals surface area contributed by atoms with Gasteiger partial charge in [0.1, 0.15) is 5.69 Å². The van der Waals surface area contributed by atoms with Gasteiger partial charge >= 0.3 is 0 Å². The molecule has 3 heterocycles. The molecule has 3 aromatic rings. The molecule has 0 N–H and O–H groups in total. The maximum absolute atomic E-state index is 13.9. The molecular formula is C37H44ClN5O3. The number of fused-ring (bicyclic) bond motifs is 1. The molecule has 1 atom stereocenters. The fraction of sp³-hybridized carbons (Fsp3) is 0.514. The summed E-state index contributed by atoms with van der Waals surface area (Å²) in [5.74, 6) is 0.0723. The lowest BCUT2D eigenvalue weighted by Gasteiger charge is -2.39. The van der Waals surface area contributed by atoms with Gasteiger partial charge in [-0.1, -0.05) is 50.6 Å². The molecule has 1 spiro atoms. The Kier molecular flexibility index (Phi) is 7.78. The second-order valence-electron chi connectivity index (χ2n) is 14.9. The highest BCUT2D eigenvalue weighted by Gasteiger charge is 2.44. The minimum atomic E-state index is -0.119. The van der Waals surface area contributed by atoms with Crippen LogP contribution in [0.15, 0.2) is 48.5 Å². The van der Waals surface area contributed by atoms with Gasteiger partial charge in [-0.2, -0.15) is 5.10 Å². The van der Waals surface area contributed by atoms with Crippen molar-refractivity contribution in [3.8, 4) is 0 Å². The number of aryl methyl sites for hydroxylation is 2. The molecule has 4 aliphatic rings. The summed E-state index contributed by atoms with van der Waals surface area (Å²) in [5, 5.41) is 5.08. The van der Waals surface area contributed by atoms with Crippen LogP contribution in [0.25, 0.3) is 0 Å². The summed E-state index contributed by atoms with van der Waals surface area (Å²) in [5.41, 5.74) is 5.03. The van der Waals surface area contributed by atoms with Crippen molar-refractivity contribution in [2.45, 2.75) is 83.2 Å². The first-order valence-electron chi connectivity index (χ1n) is 16.8. The predicted octanol–water partition coefficient (Wildman–Crippen LogP) is 6.43. The average molecular weight is 642 g/mol. The Bertz CT molecular complexity index is 1690. The van der Waals surface area contributed by atoms with Crippen LogP contribution in [0.4, 0.5) is 0 Å². The first-order valence-corrected chi connectivity index (χ1v) is 17.1. The first kappa shape index (κ1) is 31.0. The van der Waals surface area contributed by atoms with Crippen LogP contribution in [0, 0.1) is 5.41 Å². The van der Waals surface area contributed by atoms with E-state index in [1.165, 1.54) is 5.56 Å². The van der Waals surface area contributed by atoms with Gasteiger partial charge in [-0.05, 0) is 91.8 Å². The summed E-state index contributed by atoms with van der Waals surface area (Å²) in [7, 11) is 1.84. The topological polar surface area (TPSA) is 78.8 Å². The number of carbonyl (C=O) groups is 3. The number of likely N-dealkylation sites (tertiary alicyclic amines) is 2. The SMILES string of the molecule is Cn1nc(C(C)(C)C)cc1C(=O)N1CCC2(CCN(C(=O)c3ccc4c(c3)C(N(C(=O)c3ccccc3Cl)C3CC3)CC4)C2)CC1. The molecule has 0 bridgehead atoms. The Morgan fingerprint density at radius 3 is 2.26 bits per heavy atom. The van der Waals surface area contributed by atoms with Crippen LogP contribution in [0.3, 0.4) is 0 Å². The lowest BCUT2D eigenvalue weighted by molar-refractivity contribution is 0.0556. The molecule has 46 heavy (non-hydrogen) atoms. The minimum Gasteiger partial charge on any atom is -0.338 e. The zero-order valence-electron chi connectivity index (χ0n) is 27.4. The van der Waals surface area contributed by atoms with Gasteiger partial charge < -0.3 is 14.7 Å². The van der Waals surface area contributed by atoms with Crippen LogP contribution in [-0.4, -0.2) is 74.4 Å². The summed E-state index contributed by atoms with van der Waals surface area (Å²) >= 11 is 6.45. The highest BCUT2D eigenvalue weighted by molar-refractivity contribution is 6.33. The maximum atomic E-state index is 13.9. The van der Waals surface area contributed by atoms with E-state index in [-0.39, 0.29) is 40.6 Å². The van der Waals surface area contributed by atoms with E-state index in [1.54, 1.807) is 16.8 Å². The normalized spacial score (nSPS) is 20.7. The Morgan fingerprint density at radius 2 is 1.61 bits per heavy atom. The van der Waals surface area contributed by atoms with Crippen molar-refractivity contribution in [1.82, 2.24) is 24.5 Å². The number of rotatable bonds is 5. The number of nitrogens with zero attached hydrogens (tertiary/aromatic N) is 5. The van der Waals surface area contributed by atoms with Gasteiger partial charge in [-0.3, -0.25) is 19.1 Å². The number of hydrogen-bond donors (Lipinski definition) is 0. The van der Waals surface area contributed by atoms with Crippen LogP contribution < -0.4 is 0 Å². The third-order valence-corrected chi connectivity index (χ3v) is 11.1. The number of hydrogen-bond acceptors (Lipinski definition) is 4. The molecule has 9 heteroatoms. The second-order valence-corrected chi connectivity index (χ2v) is 15.4. The van der Waals surface area contributed by atoms with E-state index < -0.39 is 0 Å². The minimum absolute atomic E-state index is 0.0213. The molecule has 0 radical (unpaired) electrons. The Hall–Kier alpha value is -3.65. The molecule has 3 amide bonds. The number of piperidine rings is 1. The van der Waals surface area contributed by atoms with Crippen LogP contribution in [0.1, 0.15) is 113 Å². The third kappa shape index (κ3) is 5.63. The summed E-state index contributed by atoms with van der Waals surface area (Å²) < 4.78 is 1.71. The average Bonchev–Trinajstić information content (AvgIpc) is 3.44. The van der Waals surface area contributed by atoms with E-state index in [4.69, 9.17) is 11.6 Å². The highest BCUT2D eigenvalue weighted by Crippen LogP contribution is 2.45. The Morgan fingerprint density at radius 1 is 0.913 bits per heavy atom. The zero-order chi connectivity index (χ0) is 32.4. The fourth-order valence-electron chi connectivity index (χ4n) is 7.77. The molecule has 2 aliphatic carbocycles. The van der Waals surface area contributed by atoms with E-state index in [1.807, 2.05) is 46.0 Å². The molecular weight excluding hydrogens is 598 g/mol. The molecule has 8 nitrogen and oxygen atoms in total.